The monoisotopic (exact) mass is 312 g/mol. The molecule has 2 aromatic rings. The van der Waals surface area contributed by atoms with E-state index in [1.165, 1.54) is 6.07 Å². The molecule has 0 aliphatic heterocycles. The highest BCUT2D eigenvalue weighted by Gasteiger charge is 2.14. The Morgan fingerprint density at radius 1 is 0.957 bits per heavy atom. The van der Waals surface area contributed by atoms with Crippen molar-refractivity contribution in [3.05, 3.63) is 65.2 Å². The summed E-state index contributed by atoms with van der Waals surface area (Å²) in [5, 5.41) is 0. The van der Waals surface area contributed by atoms with Crippen LogP contribution in [-0.4, -0.2) is 18.5 Å². The number of hydrogen-bond acceptors (Lipinski definition) is 4. The zero-order valence-corrected chi connectivity index (χ0v) is 13.4. The normalized spacial score (nSPS) is 10.2. The first-order valence-electron chi connectivity index (χ1n) is 7.67. The van der Waals surface area contributed by atoms with Crippen molar-refractivity contribution < 1.29 is 19.1 Å². The highest BCUT2D eigenvalue weighted by molar-refractivity contribution is 5.96. The summed E-state index contributed by atoms with van der Waals surface area (Å²) in [4.78, 5) is 24.2. The zero-order valence-electron chi connectivity index (χ0n) is 13.4. The van der Waals surface area contributed by atoms with Gasteiger partial charge < -0.3 is 9.47 Å². The highest BCUT2D eigenvalue weighted by atomic mass is 16.5. The maximum Gasteiger partial charge on any atom is 0.343 e. The Bertz CT molecular complexity index is 691. The molecule has 0 saturated carbocycles. The molecule has 0 atom stereocenters. The van der Waals surface area contributed by atoms with Gasteiger partial charge in [0.25, 0.3) is 0 Å². The lowest BCUT2D eigenvalue weighted by molar-refractivity contribution is 0.0499. The van der Waals surface area contributed by atoms with Crippen molar-refractivity contribution in [1.29, 1.82) is 0 Å². The van der Waals surface area contributed by atoms with Crippen LogP contribution in [0.2, 0.25) is 0 Å². The van der Waals surface area contributed by atoms with Crippen LogP contribution in [0.4, 0.5) is 0 Å². The molecule has 0 unspecified atom stereocenters. The molecule has 0 bridgehead atoms. The molecule has 2 aromatic carbocycles. The first kappa shape index (κ1) is 16.7. The summed E-state index contributed by atoms with van der Waals surface area (Å²) in [5.41, 5.74) is 1.54. The molecule has 0 aliphatic rings. The van der Waals surface area contributed by atoms with E-state index in [0.29, 0.717) is 23.5 Å². The van der Waals surface area contributed by atoms with Gasteiger partial charge in [0.05, 0.1) is 17.7 Å². The summed E-state index contributed by atoms with van der Waals surface area (Å²) < 4.78 is 10.5. The molecule has 0 spiro atoms. The van der Waals surface area contributed by atoms with Crippen LogP contribution < -0.4 is 4.74 Å². The summed E-state index contributed by atoms with van der Waals surface area (Å²) in [6.45, 7) is 4.27. The third kappa shape index (κ3) is 4.68. The van der Waals surface area contributed by atoms with Crippen LogP contribution in [-0.2, 0) is 4.74 Å². The predicted octanol–water partition coefficient (Wildman–Crippen LogP) is 4.17. The highest BCUT2D eigenvalue weighted by Crippen LogP contribution is 2.18. The quantitative estimate of drug-likeness (QED) is 0.456. The number of hydrogen-bond donors (Lipinski definition) is 0. The molecule has 0 heterocycles. The summed E-state index contributed by atoms with van der Waals surface area (Å²) in [6.07, 6.45) is 1.77. The van der Waals surface area contributed by atoms with Crippen LogP contribution in [0.1, 0.15) is 46.0 Å². The second-order valence-electron chi connectivity index (χ2n) is 5.23. The third-order valence-electron chi connectivity index (χ3n) is 3.36. The van der Waals surface area contributed by atoms with Gasteiger partial charge in [-0.3, -0.25) is 0 Å². The number of para-hydroxylation sites is 1. The molecule has 120 valence electrons. The number of ether oxygens (including phenoxy) is 2. The largest absolute Gasteiger partial charge is 0.462 e. The third-order valence-corrected chi connectivity index (χ3v) is 3.36. The summed E-state index contributed by atoms with van der Waals surface area (Å²) in [5.74, 6) is -0.417. The Morgan fingerprint density at radius 2 is 1.65 bits per heavy atom. The first-order valence-corrected chi connectivity index (χ1v) is 7.67. The van der Waals surface area contributed by atoms with Gasteiger partial charge >= 0.3 is 11.9 Å². The van der Waals surface area contributed by atoms with Gasteiger partial charge in [-0.2, -0.15) is 0 Å². The van der Waals surface area contributed by atoms with Gasteiger partial charge in [-0.15, -0.1) is 0 Å². The number of esters is 2. The van der Waals surface area contributed by atoms with Crippen LogP contribution in [0.3, 0.4) is 0 Å². The number of carbonyl (C=O) groups is 2. The molecule has 0 aliphatic carbocycles. The van der Waals surface area contributed by atoms with Gasteiger partial charge in [-0.25, -0.2) is 9.59 Å². The predicted molar refractivity (Wildman–Crippen MR) is 87.8 cm³/mol. The van der Waals surface area contributed by atoms with Crippen LogP contribution in [0, 0.1) is 6.92 Å². The Kier molecular flexibility index (Phi) is 5.92. The Labute approximate surface area is 136 Å². The second-order valence-corrected chi connectivity index (χ2v) is 5.23. The summed E-state index contributed by atoms with van der Waals surface area (Å²) in [6, 6.07) is 13.7. The lowest BCUT2D eigenvalue weighted by atomic mass is 10.1. The molecule has 2 rings (SSSR count). The maximum absolute atomic E-state index is 12.2. The van der Waals surface area contributed by atoms with Crippen molar-refractivity contribution >= 4 is 11.9 Å². The van der Waals surface area contributed by atoms with E-state index < -0.39 is 11.9 Å². The number of benzene rings is 2. The maximum atomic E-state index is 12.2. The lowest BCUT2D eigenvalue weighted by Gasteiger charge is -2.08. The standard InChI is InChI=1S/C19H20O4/c1-3-4-12-22-18(20)15-9-7-10-16(13-15)19(21)23-17-11-6-5-8-14(17)2/h5-11,13H,3-4,12H2,1-2H3. The molecule has 4 heteroatoms. The molecule has 0 aromatic heterocycles. The molecule has 0 amide bonds. The average Bonchev–Trinajstić information content (AvgIpc) is 2.57. The van der Waals surface area contributed by atoms with Crippen LogP contribution >= 0.6 is 0 Å². The van der Waals surface area contributed by atoms with E-state index in [2.05, 4.69) is 0 Å². The molecular formula is C19H20O4. The van der Waals surface area contributed by atoms with E-state index in [1.807, 2.05) is 26.0 Å². The van der Waals surface area contributed by atoms with Crippen molar-refractivity contribution in [3.63, 3.8) is 0 Å². The second kappa shape index (κ2) is 8.13. The number of unbranched alkanes of at least 4 members (excludes halogenated alkanes) is 1. The molecule has 0 radical (unpaired) electrons. The average molecular weight is 312 g/mol. The van der Waals surface area contributed by atoms with Gasteiger partial charge in [-0.1, -0.05) is 37.6 Å². The fraction of sp³-hybridized carbons (Fsp3) is 0.263. The molecule has 0 saturated heterocycles. The van der Waals surface area contributed by atoms with E-state index in [0.717, 1.165) is 18.4 Å². The smallest absolute Gasteiger partial charge is 0.343 e. The fourth-order valence-electron chi connectivity index (χ4n) is 2.00. The number of carbonyl (C=O) groups excluding carboxylic acids is 2. The fourth-order valence-corrected chi connectivity index (χ4v) is 2.00. The van der Waals surface area contributed by atoms with Gasteiger partial charge in [0, 0.05) is 0 Å². The van der Waals surface area contributed by atoms with Gasteiger partial charge in [-0.05, 0) is 43.2 Å². The van der Waals surface area contributed by atoms with E-state index in [4.69, 9.17) is 9.47 Å². The Morgan fingerprint density at radius 3 is 2.35 bits per heavy atom. The number of aryl methyl sites for hydroxylation is 1. The van der Waals surface area contributed by atoms with E-state index in [-0.39, 0.29) is 0 Å². The minimum atomic E-state index is -0.498. The molecular weight excluding hydrogens is 292 g/mol. The van der Waals surface area contributed by atoms with Gasteiger partial charge in [0.1, 0.15) is 5.75 Å². The lowest BCUT2D eigenvalue weighted by Crippen LogP contribution is -2.12. The van der Waals surface area contributed by atoms with Crippen LogP contribution in [0.25, 0.3) is 0 Å². The topological polar surface area (TPSA) is 52.6 Å². The minimum Gasteiger partial charge on any atom is -0.462 e. The van der Waals surface area contributed by atoms with Gasteiger partial charge in [0.2, 0.25) is 0 Å². The summed E-state index contributed by atoms with van der Waals surface area (Å²) in [7, 11) is 0. The minimum absolute atomic E-state index is 0.318. The van der Waals surface area contributed by atoms with E-state index in [9.17, 15) is 9.59 Å². The molecule has 23 heavy (non-hydrogen) atoms. The Hall–Kier alpha value is -2.62. The van der Waals surface area contributed by atoms with E-state index in [1.54, 1.807) is 30.3 Å². The van der Waals surface area contributed by atoms with Crippen LogP contribution in [0.15, 0.2) is 48.5 Å². The summed E-state index contributed by atoms with van der Waals surface area (Å²) >= 11 is 0. The van der Waals surface area contributed by atoms with Crippen molar-refractivity contribution in [2.24, 2.45) is 0 Å². The van der Waals surface area contributed by atoms with Crippen molar-refractivity contribution in [2.45, 2.75) is 26.7 Å². The zero-order chi connectivity index (χ0) is 16.7. The van der Waals surface area contributed by atoms with E-state index >= 15 is 0 Å². The van der Waals surface area contributed by atoms with Crippen LogP contribution in [0.5, 0.6) is 5.75 Å². The van der Waals surface area contributed by atoms with Crippen molar-refractivity contribution in [2.75, 3.05) is 6.61 Å². The molecule has 0 N–H and O–H groups in total. The van der Waals surface area contributed by atoms with Gasteiger partial charge in [0.15, 0.2) is 0 Å². The molecule has 4 nitrogen and oxygen atoms in total. The Balaban J connectivity index is 2.08. The number of rotatable bonds is 6. The molecule has 0 fully saturated rings. The SMILES string of the molecule is CCCCOC(=O)c1cccc(C(=O)Oc2ccccc2C)c1. The first-order chi connectivity index (χ1) is 11.1. The van der Waals surface area contributed by atoms with Crippen molar-refractivity contribution in [1.82, 2.24) is 0 Å². The van der Waals surface area contributed by atoms with Crippen molar-refractivity contribution in [3.8, 4) is 5.75 Å².